The SMILES string of the molecule is Nn1cnnc1SC(=O)c1ccc(F)cc1. The maximum Gasteiger partial charge on any atom is 0.227 e. The van der Waals surface area contributed by atoms with E-state index >= 15 is 0 Å². The smallest absolute Gasteiger partial charge is 0.227 e. The van der Waals surface area contributed by atoms with Crippen molar-refractivity contribution in [3.05, 3.63) is 42.0 Å². The largest absolute Gasteiger partial charge is 0.336 e. The van der Waals surface area contributed by atoms with Gasteiger partial charge in [0.05, 0.1) is 0 Å². The van der Waals surface area contributed by atoms with Crippen LogP contribution in [0.15, 0.2) is 35.7 Å². The van der Waals surface area contributed by atoms with Crippen LogP contribution in [-0.4, -0.2) is 20.0 Å². The van der Waals surface area contributed by atoms with E-state index in [1.165, 1.54) is 30.6 Å². The molecule has 0 bridgehead atoms. The number of thioether (sulfide) groups is 1. The molecule has 0 spiro atoms. The Morgan fingerprint density at radius 1 is 1.38 bits per heavy atom. The van der Waals surface area contributed by atoms with Gasteiger partial charge >= 0.3 is 0 Å². The quantitative estimate of drug-likeness (QED) is 0.625. The number of halogens is 1. The first-order valence-corrected chi connectivity index (χ1v) is 5.11. The number of rotatable bonds is 2. The minimum Gasteiger partial charge on any atom is -0.336 e. The monoisotopic (exact) mass is 238 g/mol. The average molecular weight is 238 g/mol. The Hall–Kier alpha value is -1.89. The lowest BCUT2D eigenvalue weighted by molar-refractivity contribution is 0.108. The van der Waals surface area contributed by atoms with Gasteiger partial charge in [0.1, 0.15) is 12.1 Å². The molecule has 0 saturated heterocycles. The van der Waals surface area contributed by atoms with Gasteiger partial charge in [0.25, 0.3) is 0 Å². The summed E-state index contributed by atoms with van der Waals surface area (Å²) in [5, 5.41) is 7.21. The van der Waals surface area contributed by atoms with Crippen molar-refractivity contribution in [2.24, 2.45) is 0 Å². The molecule has 0 aliphatic rings. The summed E-state index contributed by atoms with van der Waals surface area (Å²) < 4.78 is 13.8. The number of carbonyl (C=O) groups excluding carboxylic acids is 1. The summed E-state index contributed by atoms with van der Waals surface area (Å²) >= 11 is 0.839. The number of hydrogen-bond donors (Lipinski definition) is 1. The normalized spacial score (nSPS) is 10.3. The van der Waals surface area contributed by atoms with Crippen LogP contribution in [0.1, 0.15) is 10.4 Å². The standard InChI is InChI=1S/C9H7FN4OS/c10-7-3-1-6(2-4-7)8(15)16-9-13-12-5-14(9)11/h1-5H,11H2. The van der Waals surface area contributed by atoms with Crippen molar-refractivity contribution in [1.82, 2.24) is 14.9 Å². The van der Waals surface area contributed by atoms with E-state index in [-0.39, 0.29) is 16.1 Å². The third-order valence-corrected chi connectivity index (χ3v) is 2.70. The third kappa shape index (κ3) is 2.19. The van der Waals surface area contributed by atoms with Crippen molar-refractivity contribution in [3.8, 4) is 0 Å². The van der Waals surface area contributed by atoms with Crippen molar-refractivity contribution in [2.45, 2.75) is 5.16 Å². The molecule has 1 aromatic heterocycles. The molecular formula is C9H7FN4OS. The van der Waals surface area contributed by atoms with E-state index in [2.05, 4.69) is 10.2 Å². The first kappa shape index (κ1) is 10.6. The van der Waals surface area contributed by atoms with E-state index < -0.39 is 0 Å². The Morgan fingerprint density at radius 2 is 2.06 bits per heavy atom. The van der Waals surface area contributed by atoms with Gasteiger partial charge in [-0.2, -0.15) is 0 Å². The number of hydrogen-bond acceptors (Lipinski definition) is 5. The Labute approximate surface area is 94.4 Å². The summed E-state index contributed by atoms with van der Waals surface area (Å²) in [7, 11) is 0. The molecule has 1 aromatic carbocycles. The van der Waals surface area contributed by atoms with Crippen LogP contribution in [0.25, 0.3) is 0 Å². The zero-order valence-electron chi connectivity index (χ0n) is 8.00. The van der Waals surface area contributed by atoms with Gasteiger partial charge in [0.2, 0.25) is 10.3 Å². The molecular weight excluding hydrogens is 231 g/mol. The van der Waals surface area contributed by atoms with Gasteiger partial charge in [-0.05, 0) is 36.0 Å². The van der Waals surface area contributed by atoms with Crippen LogP contribution in [0, 0.1) is 5.82 Å². The minimum absolute atomic E-state index is 0.264. The lowest BCUT2D eigenvalue weighted by atomic mass is 10.2. The fraction of sp³-hybridized carbons (Fsp3) is 0. The second-order valence-electron chi connectivity index (χ2n) is 2.92. The molecule has 2 aromatic rings. The molecule has 0 radical (unpaired) electrons. The molecule has 2 N–H and O–H groups in total. The number of aromatic nitrogens is 3. The van der Waals surface area contributed by atoms with E-state index in [0.29, 0.717) is 5.56 Å². The van der Waals surface area contributed by atoms with Crippen molar-refractivity contribution in [1.29, 1.82) is 0 Å². The molecule has 0 saturated carbocycles. The molecule has 0 aliphatic heterocycles. The highest BCUT2D eigenvalue weighted by Gasteiger charge is 2.12. The summed E-state index contributed by atoms with van der Waals surface area (Å²) in [6, 6.07) is 5.26. The minimum atomic E-state index is -0.386. The molecule has 82 valence electrons. The second-order valence-corrected chi connectivity index (χ2v) is 3.86. The van der Waals surface area contributed by atoms with Gasteiger partial charge in [-0.25, -0.2) is 9.07 Å². The van der Waals surface area contributed by atoms with E-state index in [4.69, 9.17) is 5.84 Å². The molecule has 0 amide bonds. The summed E-state index contributed by atoms with van der Waals surface area (Å²) in [4.78, 5) is 11.7. The Kier molecular flexibility index (Phi) is 2.86. The summed E-state index contributed by atoms with van der Waals surface area (Å²) in [6.45, 7) is 0. The van der Waals surface area contributed by atoms with E-state index in [0.717, 1.165) is 16.4 Å². The second kappa shape index (κ2) is 4.31. The lowest BCUT2D eigenvalue weighted by Crippen LogP contribution is -2.09. The summed E-state index contributed by atoms with van der Waals surface area (Å²) in [6.07, 6.45) is 1.29. The van der Waals surface area contributed by atoms with Crippen LogP contribution in [0.5, 0.6) is 0 Å². The van der Waals surface area contributed by atoms with Gasteiger partial charge in [-0.1, -0.05) is 0 Å². The van der Waals surface area contributed by atoms with Crippen LogP contribution in [0.3, 0.4) is 0 Å². The molecule has 16 heavy (non-hydrogen) atoms. The number of nitrogens with zero attached hydrogens (tertiary/aromatic N) is 3. The van der Waals surface area contributed by atoms with Crippen LogP contribution in [-0.2, 0) is 0 Å². The maximum atomic E-state index is 12.6. The zero-order chi connectivity index (χ0) is 11.5. The molecule has 5 nitrogen and oxygen atoms in total. The third-order valence-electron chi connectivity index (χ3n) is 1.80. The summed E-state index contributed by atoms with van der Waals surface area (Å²) in [5.74, 6) is 5.06. The number of benzene rings is 1. The number of carbonyl (C=O) groups is 1. The topological polar surface area (TPSA) is 73.8 Å². The van der Waals surface area contributed by atoms with Gasteiger partial charge in [-0.15, -0.1) is 10.2 Å². The van der Waals surface area contributed by atoms with E-state index in [1.54, 1.807) is 0 Å². The molecule has 2 rings (SSSR count). The first-order valence-electron chi connectivity index (χ1n) is 4.29. The Bertz CT molecular complexity index is 510. The highest BCUT2D eigenvalue weighted by molar-refractivity contribution is 8.14. The van der Waals surface area contributed by atoms with Gasteiger partial charge in [0.15, 0.2) is 0 Å². The van der Waals surface area contributed by atoms with Gasteiger partial charge < -0.3 is 5.84 Å². The summed E-state index contributed by atoms with van der Waals surface area (Å²) in [5.41, 5.74) is 0.384. The fourth-order valence-corrected chi connectivity index (χ4v) is 1.69. The van der Waals surface area contributed by atoms with Gasteiger partial charge in [-0.3, -0.25) is 4.79 Å². The van der Waals surface area contributed by atoms with Crippen molar-refractivity contribution >= 4 is 16.9 Å². The van der Waals surface area contributed by atoms with Crippen LogP contribution >= 0.6 is 11.8 Å². The van der Waals surface area contributed by atoms with Gasteiger partial charge in [0, 0.05) is 5.56 Å². The number of nitrogens with two attached hydrogens (primary N) is 1. The Morgan fingerprint density at radius 3 is 2.62 bits per heavy atom. The molecule has 0 unspecified atom stereocenters. The van der Waals surface area contributed by atoms with E-state index in [1.807, 2.05) is 0 Å². The lowest BCUT2D eigenvalue weighted by Gasteiger charge is -1.99. The maximum absolute atomic E-state index is 12.6. The zero-order valence-corrected chi connectivity index (χ0v) is 8.82. The van der Waals surface area contributed by atoms with Crippen LogP contribution < -0.4 is 5.84 Å². The molecule has 7 heteroatoms. The predicted octanol–water partition coefficient (Wildman–Crippen LogP) is 1.06. The fourth-order valence-electron chi connectivity index (χ4n) is 1.03. The average Bonchev–Trinajstić information content (AvgIpc) is 2.65. The molecule has 0 aliphatic carbocycles. The molecule has 0 atom stereocenters. The predicted molar refractivity (Wildman–Crippen MR) is 56.8 cm³/mol. The number of nitrogen functional groups attached to an aromatic ring is 1. The molecule has 1 heterocycles. The van der Waals surface area contributed by atoms with Crippen molar-refractivity contribution in [3.63, 3.8) is 0 Å². The van der Waals surface area contributed by atoms with Crippen molar-refractivity contribution in [2.75, 3.05) is 5.84 Å². The first-order chi connectivity index (χ1) is 7.66. The molecule has 0 fully saturated rings. The van der Waals surface area contributed by atoms with Crippen molar-refractivity contribution < 1.29 is 9.18 Å². The van der Waals surface area contributed by atoms with E-state index in [9.17, 15) is 9.18 Å². The Balaban J connectivity index is 2.15. The van der Waals surface area contributed by atoms with Crippen LogP contribution in [0.4, 0.5) is 4.39 Å². The highest BCUT2D eigenvalue weighted by atomic mass is 32.2. The van der Waals surface area contributed by atoms with Crippen LogP contribution in [0.2, 0.25) is 0 Å². The highest BCUT2D eigenvalue weighted by Crippen LogP contribution is 2.19.